The SMILES string of the molecule is NC(=O)CN(CC(N)=O)Cc1ccc(C=CC(=O)O)s1. The van der Waals surface area contributed by atoms with E-state index in [0.717, 1.165) is 15.8 Å². The Hall–Kier alpha value is -2.19. The van der Waals surface area contributed by atoms with Crippen LogP contribution in [0.1, 0.15) is 9.75 Å². The molecule has 8 heteroatoms. The summed E-state index contributed by atoms with van der Waals surface area (Å²) in [6.07, 6.45) is 2.52. The summed E-state index contributed by atoms with van der Waals surface area (Å²) in [5.74, 6) is -2.12. The number of carboxylic acid groups (broad SMARTS) is 1. The number of primary amides is 2. The maximum absolute atomic E-state index is 10.9. The zero-order valence-corrected chi connectivity index (χ0v) is 11.4. The number of carbonyl (C=O) groups is 3. The van der Waals surface area contributed by atoms with Crippen LogP contribution in [0, 0.1) is 0 Å². The van der Waals surface area contributed by atoms with E-state index < -0.39 is 17.8 Å². The summed E-state index contributed by atoms with van der Waals surface area (Å²) in [6.45, 7) is 0.208. The van der Waals surface area contributed by atoms with Gasteiger partial charge in [-0.3, -0.25) is 14.5 Å². The lowest BCUT2D eigenvalue weighted by Gasteiger charge is -2.17. The van der Waals surface area contributed by atoms with Crippen molar-refractivity contribution in [2.45, 2.75) is 6.54 Å². The average molecular weight is 297 g/mol. The average Bonchev–Trinajstić information content (AvgIpc) is 2.72. The fourth-order valence-electron chi connectivity index (χ4n) is 1.55. The number of hydrogen-bond acceptors (Lipinski definition) is 5. The standard InChI is InChI=1S/C12H15N3O4S/c13-10(16)6-15(7-11(14)17)5-9-2-1-8(20-9)3-4-12(18)19/h1-4H,5-7H2,(H2,13,16)(H2,14,17)(H,18,19). The molecule has 7 nitrogen and oxygen atoms in total. The van der Waals surface area contributed by atoms with Crippen molar-refractivity contribution in [1.82, 2.24) is 4.90 Å². The fourth-order valence-corrected chi connectivity index (χ4v) is 2.51. The Balaban J connectivity index is 2.70. The van der Waals surface area contributed by atoms with Gasteiger partial charge in [0.15, 0.2) is 0 Å². The molecule has 0 aliphatic heterocycles. The lowest BCUT2D eigenvalue weighted by Crippen LogP contribution is -2.38. The van der Waals surface area contributed by atoms with Crippen LogP contribution in [-0.4, -0.2) is 40.9 Å². The Kier molecular flexibility index (Phi) is 5.88. The molecule has 108 valence electrons. The molecule has 0 aromatic carbocycles. The molecule has 20 heavy (non-hydrogen) atoms. The first-order valence-corrected chi connectivity index (χ1v) is 6.47. The number of nitrogens with two attached hydrogens (primary N) is 2. The number of hydrogen-bond donors (Lipinski definition) is 3. The van der Waals surface area contributed by atoms with Crippen molar-refractivity contribution in [2.24, 2.45) is 11.5 Å². The highest BCUT2D eigenvalue weighted by Gasteiger charge is 2.12. The van der Waals surface area contributed by atoms with E-state index in [1.54, 1.807) is 12.1 Å². The molecule has 2 amide bonds. The first-order valence-electron chi connectivity index (χ1n) is 5.65. The molecule has 1 heterocycles. The van der Waals surface area contributed by atoms with E-state index in [2.05, 4.69) is 0 Å². The van der Waals surface area contributed by atoms with E-state index in [1.165, 1.54) is 22.3 Å². The normalized spacial score (nSPS) is 11.1. The highest BCUT2D eigenvalue weighted by atomic mass is 32.1. The van der Waals surface area contributed by atoms with E-state index in [9.17, 15) is 14.4 Å². The molecule has 0 atom stereocenters. The van der Waals surface area contributed by atoms with Gasteiger partial charge in [0.25, 0.3) is 0 Å². The molecule has 0 aliphatic rings. The number of aliphatic carboxylic acids is 1. The van der Waals surface area contributed by atoms with Gasteiger partial charge in [-0.05, 0) is 18.2 Å². The summed E-state index contributed by atoms with van der Waals surface area (Å²) in [5, 5.41) is 8.53. The van der Waals surface area contributed by atoms with E-state index in [-0.39, 0.29) is 13.1 Å². The molecule has 1 rings (SSSR count). The van der Waals surface area contributed by atoms with Crippen LogP contribution < -0.4 is 11.5 Å². The summed E-state index contributed by atoms with van der Waals surface area (Å²) in [4.78, 5) is 35.4. The maximum atomic E-state index is 10.9. The summed E-state index contributed by atoms with van der Waals surface area (Å²) in [6, 6.07) is 3.55. The molecule has 1 aromatic heterocycles. The zero-order valence-electron chi connectivity index (χ0n) is 10.6. The van der Waals surface area contributed by atoms with Gasteiger partial charge in [-0.25, -0.2) is 4.79 Å². The quantitative estimate of drug-likeness (QED) is 0.564. The van der Waals surface area contributed by atoms with Crippen molar-refractivity contribution in [3.8, 4) is 0 Å². The van der Waals surface area contributed by atoms with E-state index in [1.807, 2.05) is 0 Å². The van der Waals surface area contributed by atoms with Crippen LogP contribution in [0.2, 0.25) is 0 Å². The van der Waals surface area contributed by atoms with Crippen LogP contribution in [0.15, 0.2) is 18.2 Å². The second-order valence-corrected chi connectivity index (χ2v) is 5.25. The van der Waals surface area contributed by atoms with Gasteiger partial charge in [0.2, 0.25) is 11.8 Å². The summed E-state index contributed by atoms with van der Waals surface area (Å²) < 4.78 is 0. The Labute approximate surface area is 119 Å². The molecule has 0 bridgehead atoms. The molecular weight excluding hydrogens is 282 g/mol. The van der Waals surface area contributed by atoms with Gasteiger partial charge in [0.1, 0.15) is 0 Å². The van der Waals surface area contributed by atoms with Crippen LogP contribution in [0.4, 0.5) is 0 Å². The van der Waals surface area contributed by atoms with Gasteiger partial charge in [-0.15, -0.1) is 11.3 Å². The van der Waals surface area contributed by atoms with Gasteiger partial charge in [0, 0.05) is 22.4 Å². The first kappa shape index (κ1) is 15.9. The van der Waals surface area contributed by atoms with Gasteiger partial charge in [-0.1, -0.05) is 0 Å². The number of nitrogens with zero attached hydrogens (tertiary/aromatic N) is 1. The third-order valence-corrected chi connectivity index (χ3v) is 3.25. The Morgan fingerprint density at radius 3 is 2.30 bits per heavy atom. The molecule has 0 saturated carbocycles. The summed E-state index contributed by atoms with van der Waals surface area (Å²) in [7, 11) is 0. The Morgan fingerprint density at radius 1 is 1.20 bits per heavy atom. The zero-order chi connectivity index (χ0) is 15.1. The van der Waals surface area contributed by atoms with E-state index in [4.69, 9.17) is 16.6 Å². The van der Waals surface area contributed by atoms with Gasteiger partial charge in [0.05, 0.1) is 13.1 Å². The second-order valence-electron chi connectivity index (χ2n) is 4.05. The lowest BCUT2D eigenvalue weighted by molar-refractivity contribution is -0.131. The minimum atomic E-state index is -1.02. The van der Waals surface area contributed by atoms with E-state index >= 15 is 0 Å². The molecule has 0 fully saturated rings. The molecule has 0 spiro atoms. The summed E-state index contributed by atoms with van der Waals surface area (Å²) >= 11 is 1.36. The number of thiophene rings is 1. The predicted octanol–water partition coefficient (Wildman–Crippen LogP) is -0.381. The molecule has 0 radical (unpaired) electrons. The number of amides is 2. The highest BCUT2D eigenvalue weighted by Crippen LogP contribution is 2.19. The van der Waals surface area contributed by atoms with Crippen molar-refractivity contribution in [2.75, 3.05) is 13.1 Å². The Bertz CT molecular complexity index is 523. The smallest absolute Gasteiger partial charge is 0.328 e. The van der Waals surface area contributed by atoms with Gasteiger partial charge >= 0.3 is 5.97 Å². The van der Waals surface area contributed by atoms with Crippen molar-refractivity contribution >= 4 is 35.2 Å². The molecule has 1 aromatic rings. The van der Waals surface area contributed by atoms with Crippen molar-refractivity contribution in [3.05, 3.63) is 28.0 Å². The minimum Gasteiger partial charge on any atom is -0.478 e. The monoisotopic (exact) mass is 297 g/mol. The van der Waals surface area contributed by atoms with Crippen LogP contribution in [0.25, 0.3) is 6.08 Å². The molecule has 5 N–H and O–H groups in total. The summed E-state index contributed by atoms with van der Waals surface area (Å²) in [5.41, 5.74) is 10.2. The third kappa shape index (κ3) is 6.12. The number of carboxylic acids is 1. The van der Waals surface area contributed by atoms with Gasteiger partial charge < -0.3 is 16.6 Å². The van der Waals surface area contributed by atoms with Crippen LogP contribution in [0.3, 0.4) is 0 Å². The minimum absolute atomic E-state index is 0.0683. The molecule has 0 unspecified atom stereocenters. The predicted molar refractivity (Wildman–Crippen MR) is 74.7 cm³/mol. The topological polar surface area (TPSA) is 127 Å². The Morgan fingerprint density at radius 2 is 1.80 bits per heavy atom. The maximum Gasteiger partial charge on any atom is 0.328 e. The highest BCUT2D eigenvalue weighted by molar-refractivity contribution is 7.12. The van der Waals surface area contributed by atoms with Crippen molar-refractivity contribution < 1.29 is 19.5 Å². The lowest BCUT2D eigenvalue weighted by atomic mass is 10.3. The van der Waals surface area contributed by atoms with E-state index in [0.29, 0.717) is 6.54 Å². The third-order valence-electron chi connectivity index (χ3n) is 2.21. The fraction of sp³-hybridized carbons (Fsp3) is 0.250. The second kappa shape index (κ2) is 7.41. The molecular formula is C12H15N3O4S. The molecule has 0 saturated heterocycles. The largest absolute Gasteiger partial charge is 0.478 e. The number of carbonyl (C=O) groups excluding carboxylic acids is 2. The molecule has 0 aliphatic carbocycles. The van der Waals surface area contributed by atoms with Crippen molar-refractivity contribution in [3.63, 3.8) is 0 Å². The van der Waals surface area contributed by atoms with Crippen LogP contribution in [-0.2, 0) is 20.9 Å². The van der Waals surface area contributed by atoms with Crippen LogP contribution >= 0.6 is 11.3 Å². The number of rotatable bonds is 8. The van der Waals surface area contributed by atoms with Crippen LogP contribution in [0.5, 0.6) is 0 Å². The van der Waals surface area contributed by atoms with Crippen molar-refractivity contribution in [1.29, 1.82) is 0 Å². The first-order chi connectivity index (χ1) is 9.36. The van der Waals surface area contributed by atoms with Gasteiger partial charge in [-0.2, -0.15) is 0 Å².